The average molecular weight is 346 g/mol. The number of methoxy groups -OCH3 is 1. The molecule has 1 amide bonds. The van der Waals surface area contributed by atoms with Crippen LogP contribution in [0.2, 0.25) is 0 Å². The van der Waals surface area contributed by atoms with Gasteiger partial charge in [-0.3, -0.25) is 4.79 Å². The Hall–Kier alpha value is -3.29. The Labute approximate surface area is 144 Å². The summed E-state index contributed by atoms with van der Waals surface area (Å²) in [6, 6.07) is 10.6. The van der Waals surface area contributed by atoms with Gasteiger partial charge in [0.05, 0.1) is 26.1 Å². The summed E-state index contributed by atoms with van der Waals surface area (Å²) in [5.41, 5.74) is 0.784. The van der Waals surface area contributed by atoms with E-state index in [1.165, 1.54) is 12.5 Å². The summed E-state index contributed by atoms with van der Waals surface area (Å²) < 4.78 is 14.9. The van der Waals surface area contributed by atoms with Crippen molar-refractivity contribution in [2.24, 2.45) is 5.16 Å². The maximum atomic E-state index is 11.5. The molecular formula is C17H18N2O6. The van der Waals surface area contributed by atoms with Gasteiger partial charge in [0.1, 0.15) is 11.5 Å². The number of ether oxygens (including phenoxy) is 2. The number of amides is 1. The van der Waals surface area contributed by atoms with E-state index in [-0.39, 0.29) is 6.54 Å². The van der Waals surface area contributed by atoms with E-state index >= 15 is 0 Å². The number of oxime groups is 1. The largest absolute Gasteiger partial charge is 0.497 e. The molecular weight excluding hydrogens is 328 g/mol. The third-order valence-corrected chi connectivity index (χ3v) is 2.98. The fraction of sp³-hybridized carbons (Fsp3) is 0.235. The number of nitrogens with one attached hydrogen (secondary N) is 1. The van der Waals surface area contributed by atoms with Crippen molar-refractivity contribution in [3.63, 3.8) is 0 Å². The predicted octanol–water partition coefficient (Wildman–Crippen LogP) is 1.50. The highest BCUT2D eigenvalue weighted by Crippen LogP contribution is 2.09. The monoisotopic (exact) mass is 346 g/mol. The number of carbonyl (C=O) groups excluding carboxylic acids is 2. The molecule has 1 aromatic heterocycles. The molecule has 25 heavy (non-hydrogen) atoms. The SMILES string of the molecule is COc1ccc(C=NOCC(=O)OCC(=O)NCc2ccco2)cc1. The molecule has 0 unspecified atom stereocenters. The van der Waals surface area contributed by atoms with Crippen LogP contribution in [0.25, 0.3) is 0 Å². The molecule has 132 valence electrons. The first-order chi connectivity index (χ1) is 12.2. The number of rotatable bonds is 9. The van der Waals surface area contributed by atoms with Crippen LogP contribution in [-0.2, 0) is 25.7 Å². The van der Waals surface area contributed by atoms with E-state index in [4.69, 9.17) is 18.7 Å². The summed E-state index contributed by atoms with van der Waals surface area (Å²) in [6.07, 6.45) is 2.95. The van der Waals surface area contributed by atoms with Crippen molar-refractivity contribution in [1.82, 2.24) is 5.32 Å². The minimum atomic E-state index is -0.694. The molecule has 0 bridgehead atoms. The molecule has 0 aliphatic carbocycles. The molecule has 0 saturated heterocycles. The molecule has 0 saturated carbocycles. The molecule has 1 heterocycles. The van der Waals surface area contributed by atoms with Gasteiger partial charge in [-0.05, 0) is 42.0 Å². The first-order valence-corrected chi connectivity index (χ1v) is 7.41. The zero-order chi connectivity index (χ0) is 17.9. The summed E-state index contributed by atoms with van der Waals surface area (Å²) in [5, 5.41) is 6.20. The van der Waals surface area contributed by atoms with Gasteiger partial charge in [-0.2, -0.15) is 0 Å². The van der Waals surface area contributed by atoms with Crippen molar-refractivity contribution < 1.29 is 28.3 Å². The maximum absolute atomic E-state index is 11.5. The molecule has 0 atom stereocenters. The first-order valence-electron chi connectivity index (χ1n) is 7.41. The summed E-state index contributed by atoms with van der Waals surface area (Å²) in [5.74, 6) is 0.203. The van der Waals surface area contributed by atoms with E-state index in [9.17, 15) is 9.59 Å². The molecule has 2 rings (SSSR count). The van der Waals surface area contributed by atoms with Crippen molar-refractivity contribution in [3.05, 3.63) is 54.0 Å². The van der Waals surface area contributed by atoms with E-state index in [1.807, 2.05) is 0 Å². The van der Waals surface area contributed by atoms with Gasteiger partial charge in [-0.1, -0.05) is 5.16 Å². The number of furan rings is 1. The Balaban J connectivity index is 1.59. The lowest BCUT2D eigenvalue weighted by Gasteiger charge is -2.04. The fourth-order valence-electron chi connectivity index (χ4n) is 1.72. The second-order valence-corrected chi connectivity index (χ2v) is 4.80. The lowest BCUT2D eigenvalue weighted by molar-refractivity contribution is -0.152. The molecule has 8 nitrogen and oxygen atoms in total. The Morgan fingerprint density at radius 1 is 1.20 bits per heavy atom. The zero-order valence-electron chi connectivity index (χ0n) is 13.6. The number of carbonyl (C=O) groups is 2. The van der Waals surface area contributed by atoms with Crippen LogP contribution in [0.1, 0.15) is 11.3 Å². The Morgan fingerprint density at radius 3 is 2.68 bits per heavy atom. The van der Waals surface area contributed by atoms with Crippen molar-refractivity contribution in [3.8, 4) is 5.75 Å². The maximum Gasteiger partial charge on any atom is 0.347 e. The lowest BCUT2D eigenvalue weighted by atomic mass is 10.2. The highest BCUT2D eigenvalue weighted by Gasteiger charge is 2.08. The van der Waals surface area contributed by atoms with Crippen molar-refractivity contribution in [2.75, 3.05) is 20.3 Å². The smallest absolute Gasteiger partial charge is 0.347 e. The molecule has 0 radical (unpaired) electrons. The zero-order valence-corrected chi connectivity index (χ0v) is 13.6. The second kappa shape index (κ2) is 9.76. The van der Waals surface area contributed by atoms with Gasteiger partial charge < -0.3 is 24.0 Å². The quantitative estimate of drug-likeness (QED) is 0.420. The third-order valence-electron chi connectivity index (χ3n) is 2.98. The van der Waals surface area contributed by atoms with Crippen LogP contribution in [0.5, 0.6) is 5.75 Å². The summed E-state index contributed by atoms with van der Waals surface area (Å²) in [7, 11) is 1.58. The third kappa shape index (κ3) is 6.78. The van der Waals surface area contributed by atoms with Crippen molar-refractivity contribution in [1.29, 1.82) is 0 Å². The van der Waals surface area contributed by atoms with Gasteiger partial charge in [0.15, 0.2) is 6.61 Å². The molecule has 0 aliphatic rings. The minimum absolute atomic E-state index is 0.228. The molecule has 0 fully saturated rings. The van der Waals surface area contributed by atoms with E-state index in [0.717, 1.165) is 11.3 Å². The lowest BCUT2D eigenvalue weighted by Crippen LogP contribution is -2.28. The first kappa shape index (κ1) is 18.1. The standard InChI is InChI=1S/C17H18N2O6/c1-22-14-6-4-13(5-7-14)9-19-25-12-17(21)24-11-16(20)18-10-15-3-2-8-23-15/h2-9H,10-12H2,1H3,(H,18,20). The average Bonchev–Trinajstić information content (AvgIpc) is 3.16. The molecule has 0 spiro atoms. The fourth-order valence-corrected chi connectivity index (χ4v) is 1.72. The number of hydrogen-bond donors (Lipinski definition) is 1. The topological polar surface area (TPSA) is 99.4 Å². The second-order valence-electron chi connectivity index (χ2n) is 4.80. The Bertz CT molecular complexity index is 694. The van der Waals surface area contributed by atoms with Gasteiger partial charge in [0.25, 0.3) is 5.91 Å². The molecule has 1 N–H and O–H groups in total. The van der Waals surface area contributed by atoms with Crippen LogP contribution in [0.15, 0.2) is 52.2 Å². The van der Waals surface area contributed by atoms with Gasteiger partial charge in [0, 0.05) is 0 Å². The molecule has 0 aliphatic heterocycles. The van der Waals surface area contributed by atoms with E-state index in [1.54, 1.807) is 43.5 Å². The van der Waals surface area contributed by atoms with Gasteiger partial charge in [-0.25, -0.2) is 4.79 Å². The van der Waals surface area contributed by atoms with E-state index in [0.29, 0.717) is 5.76 Å². The van der Waals surface area contributed by atoms with Crippen LogP contribution in [0.4, 0.5) is 0 Å². The normalized spacial score (nSPS) is 10.4. The number of hydrogen-bond acceptors (Lipinski definition) is 7. The Morgan fingerprint density at radius 2 is 2.00 bits per heavy atom. The summed E-state index contributed by atoms with van der Waals surface area (Å²) in [6.45, 7) is -0.560. The van der Waals surface area contributed by atoms with Crippen LogP contribution >= 0.6 is 0 Å². The molecule has 8 heteroatoms. The highest BCUT2D eigenvalue weighted by molar-refractivity contribution is 5.81. The van der Waals surface area contributed by atoms with Crippen LogP contribution in [-0.4, -0.2) is 38.4 Å². The summed E-state index contributed by atoms with van der Waals surface area (Å²) >= 11 is 0. The van der Waals surface area contributed by atoms with E-state index < -0.39 is 25.1 Å². The molecule has 1 aromatic carbocycles. The predicted molar refractivity (Wildman–Crippen MR) is 88.1 cm³/mol. The van der Waals surface area contributed by atoms with Crippen LogP contribution in [0.3, 0.4) is 0 Å². The van der Waals surface area contributed by atoms with Crippen LogP contribution < -0.4 is 10.1 Å². The van der Waals surface area contributed by atoms with Gasteiger partial charge >= 0.3 is 5.97 Å². The van der Waals surface area contributed by atoms with Gasteiger partial charge in [0.2, 0.25) is 6.61 Å². The number of esters is 1. The van der Waals surface area contributed by atoms with Crippen LogP contribution in [0, 0.1) is 0 Å². The van der Waals surface area contributed by atoms with Crippen molar-refractivity contribution in [2.45, 2.75) is 6.54 Å². The Kier molecular flexibility index (Phi) is 7.05. The van der Waals surface area contributed by atoms with Gasteiger partial charge in [-0.15, -0.1) is 0 Å². The highest BCUT2D eigenvalue weighted by atomic mass is 16.7. The van der Waals surface area contributed by atoms with Crippen molar-refractivity contribution >= 4 is 18.1 Å². The molecule has 2 aromatic rings. The number of nitrogens with zero attached hydrogens (tertiary/aromatic N) is 1. The summed E-state index contributed by atoms with van der Waals surface area (Å²) in [4.78, 5) is 27.8. The van der Waals surface area contributed by atoms with E-state index in [2.05, 4.69) is 10.5 Å². The minimum Gasteiger partial charge on any atom is -0.497 e. The number of benzene rings is 1.